The number of alkyl halides is 5. The van der Waals surface area contributed by atoms with Gasteiger partial charge in [-0.2, -0.15) is 19.5 Å². The maximum absolute atomic E-state index is 11.1. The summed E-state index contributed by atoms with van der Waals surface area (Å²) in [6.45, 7) is 0. The van der Waals surface area contributed by atoms with E-state index in [1.165, 1.54) is 0 Å². The van der Waals surface area contributed by atoms with Gasteiger partial charge in [0.25, 0.3) is 5.92 Å². The third kappa shape index (κ3) is 4.67. The van der Waals surface area contributed by atoms with Gasteiger partial charge in [-0.15, -0.1) is 0 Å². The van der Waals surface area contributed by atoms with E-state index >= 15 is 0 Å². The van der Waals surface area contributed by atoms with Gasteiger partial charge >= 0.3 is 35.7 Å². The van der Waals surface area contributed by atoms with Crippen molar-refractivity contribution in [2.24, 2.45) is 0 Å². The van der Waals surface area contributed by atoms with Gasteiger partial charge in [-0.05, 0) is 0 Å². The van der Waals surface area contributed by atoms with Gasteiger partial charge in [0.05, 0.1) is 0 Å². The Morgan fingerprint density at radius 3 is 1.27 bits per heavy atom. The Morgan fingerprint density at radius 2 is 1.27 bits per heavy atom. The molecule has 0 aliphatic heterocycles. The maximum Gasteiger partial charge on any atom is 1.00 e. The predicted octanol–water partition coefficient (Wildman–Crippen LogP) is -1.88. The quantitative estimate of drug-likeness (QED) is 0.274. The molecule has 0 aromatic rings. The van der Waals surface area contributed by atoms with Crippen molar-refractivity contribution in [3.05, 3.63) is 0 Å². The SMILES string of the molecule is O=[C-]C(F)(F)C(F)(F)F.[Na+].[OH-]. The molecule has 2 nitrogen and oxygen atoms in total. The van der Waals surface area contributed by atoms with Gasteiger partial charge in [0.1, 0.15) is 0 Å². The van der Waals surface area contributed by atoms with Crippen LogP contribution in [-0.4, -0.2) is 23.9 Å². The van der Waals surface area contributed by atoms with E-state index in [9.17, 15) is 22.0 Å². The van der Waals surface area contributed by atoms with E-state index in [2.05, 4.69) is 0 Å². The molecule has 0 radical (unpaired) electrons. The van der Waals surface area contributed by atoms with Gasteiger partial charge < -0.3 is 10.3 Å². The first kappa shape index (κ1) is 17.4. The van der Waals surface area contributed by atoms with Crippen LogP contribution in [0.5, 0.6) is 0 Å². The molecule has 0 unspecified atom stereocenters. The second-order valence-corrected chi connectivity index (χ2v) is 1.17. The molecule has 8 heteroatoms. The Kier molecular flexibility index (Phi) is 7.93. The first-order valence-electron chi connectivity index (χ1n) is 1.65. The predicted molar refractivity (Wildman–Crippen MR) is 18.6 cm³/mol. The molecular weight excluding hydrogens is 186 g/mol. The van der Waals surface area contributed by atoms with Gasteiger partial charge in [-0.1, -0.05) is 0 Å². The molecule has 62 valence electrons. The molecule has 0 aliphatic carbocycles. The molecule has 0 aliphatic rings. The monoisotopic (exact) mass is 187 g/mol. The maximum atomic E-state index is 11.1. The normalized spacial score (nSPS) is 11.0. The molecule has 0 aromatic heterocycles. The molecule has 11 heavy (non-hydrogen) atoms. The van der Waals surface area contributed by atoms with Crippen LogP contribution < -0.4 is 29.6 Å². The van der Waals surface area contributed by atoms with Crippen LogP contribution in [0.15, 0.2) is 0 Å². The van der Waals surface area contributed by atoms with Crippen LogP contribution in [0.25, 0.3) is 0 Å². The van der Waals surface area contributed by atoms with E-state index < -0.39 is 18.4 Å². The minimum absolute atomic E-state index is 0. The minimum Gasteiger partial charge on any atom is -0.870 e. The molecule has 1 N–H and O–H groups in total. The summed E-state index contributed by atoms with van der Waals surface area (Å²) in [7, 11) is 0. The van der Waals surface area contributed by atoms with Crippen LogP contribution in [0.3, 0.4) is 0 Å². The molecule has 0 spiro atoms. The topological polar surface area (TPSA) is 47.1 Å². The van der Waals surface area contributed by atoms with Crippen LogP contribution in [0.1, 0.15) is 0 Å². The average Bonchev–Trinajstić information content (AvgIpc) is 1.64. The molecule has 0 saturated heterocycles. The van der Waals surface area contributed by atoms with Crippen molar-refractivity contribution in [1.29, 1.82) is 0 Å². The minimum atomic E-state index is -5.81. The van der Waals surface area contributed by atoms with E-state index in [0.717, 1.165) is 0 Å². The van der Waals surface area contributed by atoms with E-state index in [1.54, 1.807) is 0 Å². The standard InChI is InChI=1S/C3F5O.Na.H2O/c4-2(5,1-9)3(6,7)8;;/h;;1H2/q-1;+1;/p-1. The summed E-state index contributed by atoms with van der Waals surface area (Å²) in [6.07, 6.45) is -6.24. The summed E-state index contributed by atoms with van der Waals surface area (Å²) in [4.78, 5) is 8.88. The molecule has 0 bridgehead atoms. The van der Waals surface area contributed by atoms with Crippen molar-refractivity contribution >= 4 is 6.29 Å². The molecule has 0 atom stereocenters. The molecule has 0 heterocycles. The van der Waals surface area contributed by atoms with Gasteiger partial charge in [0, 0.05) is 0 Å². The molecular formula is C3HF5NaO2-. The summed E-state index contributed by atoms with van der Waals surface area (Å²) in [5.41, 5.74) is 0. The first-order valence-corrected chi connectivity index (χ1v) is 1.65. The second-order valence-electron chi connectivity index (χ2n) is 1.17. The molecule has 0 amide bonds. The molecule has 0 fully saturated rings. The van der Waals surface area contributed by atoms with Gasteiger partial charge in [0.15, 0.2) is 0 Å². The molecule has 0 saturated carbocycles. The van der Waals surface area contributed by atoms with Crippen molar-refractivity contribution in [3.63, 3.8) is 0 Å². The fourth-order valence-corrected chi connectivity index (χ4v) is 0.0579. The van der Waals surface area contributed by atoms with E-state index in [-0.39, 0.29) is 35.0 Å². The zero-order chi connectivity index (χ0) is 7.71. The van der Waals surface area contributed by atoms with E-state index in [4.69, 9.17) is 4.79 Å². The Hall–Kier alpha value is 0.280. The van der Waals surface area contributed by atoms with Crippen molar-refractivity contribution in [2.75, 3.05) is 0 Å². The Balaban J connectivity index is -0.000000320. The van der Waals surface area contributed by atoms with Crippen molar-refractivity contribution in [2.45, 2.75) is 12.1 Å². The summed E-state index contributed by atoms with van der Waals surface area (Å²) >= 11 is 0. The summed E-state index contributed by atoms with van der Waals surface area (Å²) in [6, 6.07) is 0. The van der Waals surface area contributed by atoms with Crippen molar-refractivity contribution in [3.8, 4) is 0 Å². The molecule has 0 aromatic carbocycles. The van der Waals surface area contributed by atoms with E-state index in [1.807, 2.05) is 0 Å². The Labute approximate surface area is 80.4 Å². The van der Waals surface area contributed by atoms with Crippen LogP contribution in [0, 0.1) is 0 Å². The zero-order valence-electron chi connectivity index (χ0n) is 5.25. The van der Waals surface area contributed by atoms with Crippen LogP contribution >= 0.6 is 0 Å². The summed E-state index contributed by atoms with van der Waals surface area (Å²) in [5.74, 6) is -5.33. The van der Waals surface area contributed by atoms with Gasteiger partial charge in [-0.25, -0.2) is 8.78 Å². The molecule has 0 rings (SSSR count). The summed E-state index contributed by atoms with van der Waals surface area (Å²) < 4.78 is 54.7. The van der Waals surface area contributed by atoms with E-state index in [0.29, 0.717) is 0 Å². The van der Waals surface area contributed by atoms with Crippen LogP contribution in [0.4, 0.5) is 22.0 Å². The number of rotatable bonds is 1. The second kappa shape index (κ2) is 5.02. The Bertz CT molecular complexity index is 121. The van der Waals surface area contributed by atoms with Gasteiger partial charge in [0.2, 0.25) is 0 Å². The summed E-state index contributed by atoms with van der Waals surface area (Å²) in [5, 5.41) is 0. The van der Waals surface area contributed by atoms with Crippen LogP contribution in [-0.2, 0) is 4.79 Å². The zero-order valence-corrected chi connectivity index (χ0v) is 7.25. The number of hydrogen-bond acceptors (Lipinski definition) is 2. The number of hydrogen-bond donors (Lipinski definition) is 0. The van der Waals surface area contributed by atoms with Crippen molar-refractivity contribution in [1.82, 2.24) is 0 Å². The van der Waals surface area contributed by atoms with Crippen molar-refractivity contribution < 1.29 is 61.8 Å². The third-order valence-electron chi connectivity index (χ3n) is 0.484. The first-order chi connectivity index (χ1) is 3.81. The average molecular weight is 187 g/mol. The smallest absolute Gasteiger partial charge is 0.870 e. The van der Waals surface area contributed by atoms with Crippen LogP contribution in [0.2, 0.25) is 0 Å². The fourth-order valence-electron chi connectivity index (χ4n) is 0.0579. The number of halogens is 5. The van der Waals surface area contributed by atoms with Gasteiger partial charge in [-0.3, -0.25) is 0 Å². The fraction of sp³-hybridized carbons (Fsp3) is 0.667. The third-order valence-corrected chi connectivity index (χ3v) is 0.484. The number of carbonyl (C=O) groups excluding carboxylic acids is 1. The largest absolute Gasteiger partial charge is 1.00 e. The Morgan fingerprint density at radius 1 is 1.00 bits per heavy atom.